The van der Waals surface area contributed by atoms with E-state index in [0.717, 1.165) is 48.0 Å². The first kappa shape index (κ1) is 22.3. The van der Waals surface area contributed by atoms with Crippen molar-refractivity contribution in [3.05, 3.63) is 65.4 Å². The van der Waals surface area contributed by atoms with Crippen LogP contribution in [0.2, 0.25) is 0 Å². The van der Waals surface area contributed by atoms with Crippen LogP contribution in [0, 0.1) is 16.7 Å². The predicted molar refractivity (Wildman–Crippen MR) is 125 cm³/mol. The third-order valence-electron chi connectivity index (χ3n) is 5.84. The minimum Gasteiger partial charge on any atom is -0.508 e. The molecule has 5 N–H and O–H groups in total. The van der Waals surface area contributed by atoms with E-state index in [9.17, 15) is 9.90 Å². The Labute approximate surface area is 182 Å². The topological polar surface area (TPSA) is 116 Å². The minimum absolute atomic E-state index is 0.0528. The van der Waals surface area contributed by atoms with Crippen molar-refractivity contribution >= 4 is 28.2 Å². The van der Waals surface area contributed by atoms with Crippen molar-refractivity contribution in [1.29, 1.82) is 10.8 Å². The van der Waals surface area contributed by atoms with Gasteiger partial charge in [0.15, 0.2) is 5.78 Å². The number of hydrogen-bond donors (Lipinski definition) is 4. The molecule has 1 aromatic heterocycles. The third kappa shape index (κ3) is 5.02. The molecular formula is C25H30N4O2. The Morgan fingerprint density at radius 2 is 1.90 bits per heavy atom. The van der Waals surface area contributed by atoms with Crippen LogP contribution in [0.4, 0.5) is 0 Å². The number of Topliss-reactive ketones (excluding diaryl/α,β-unsaturated/α-hetero) is 1. The summed E-state index contributed by atoms with van der Waals surface area (Å²) in [4.78, 5) is 12.7. The van der Waals surface area contributed by atoms with E-state index in [0.29, 0.717) is 5.56 Å². The number of carbonyl (C=O) groups is 1. The number of nitrogen functional groups attached to an aromatic ring is 1. The molecule has 3 aromatic rings. The number of nitrogens with one attached hydrogen (secondary N) is 2. The van der Waals surface area contributed by atoms with Crippen molar-refractivity contribution in [2.75, 3.05) is 0 Å². The molecule has 3 rings (SSSR count). The van der Waals surface area contributed by atoms with Crippen LogP contribution in [0.1, 0.15) is 43.5 Å². The highest BCUT2D eigenvalue weighted by Crippen LogP contribution is 2.25. The molecule has 0 fully saturated rings. The maximum Gasteiger partial charge on any atom is 0.180 e. The number of aryl methyl sites for hydroxylation is 2. The summed E-state index contributed by atoms with van der Waals surface area (Å²) in [6.45, 7) is 4.89. The Morgan fingerprint density at radius 1 is 1.13 bits per heavy atom. The number of aromatic hydroxyl groups is 1. The number of benzene rings is 2. The van der Waals surface area contributed by atoms with Gasteiger partial charge in [-0.25, -0.2) is 0 Å². The molecule has 6 nitrogen and oxygen atoms in total. The number of carbonyl (C=O) groups excluding carboxylic acids is 1. The second-order valence-corrected chi connectivity index (χ2v) is 7.89. The fourth-order valence-corrected chi connectivity index (χ4v) is 4.11. The zero-order valence-electron chi connectivity index (χ0n) is 18.1. The molecule has 0 bridgehead atoms. The Morgan fingerprint density at radius 3 is 2.55 bits per heavy atom. The summed E-state index contributed by atoms with van der Waals surface area (Å²) in [5.74, 6) is -0.123. The van der Waals surface area contributed by atoms with Crippen molar-refractivity contribution in [2.24, 2.45) is 11.7 Å². The first-order valence-corrected chi connectivity index (χ1v) is 10.7. The van der Waals surface area contributed by atoms with Crippen LogP contribution in [0.5, 0.6) is 5.75 Å². The molecular weight excluding hydrogens is 388 g/mol. The smallest absolute Gasteiger partial charge is 0.180 e. The largest absolute Gasteiger partial charge is 0.508 e. The maximum absolute atomic E-state index is 12.7. The van der Waals surface area contributed by atoms with Crippen LogP contribution in [0.15, 0.2) is 48.5 Å². The number of phenolic OH excluding ortho intramolecular Hbond substituents is 1. The van der Waals surface area contributed by atoms with E-state index < -0.39 is 0 Å². The molecule has 0 unspecified atom stereocenters. The van der Waals surface area contributed by atoms with E-state index in [2.05, 4.69) is 17.6 Å². The van der Waals surface area contributed by atoms with Gasteiger partial charge in [-0.1, -0.05) is 31.2 Å². The van der Waals surface area contributed by atoms with E-state index >= 15 is 0 Å². The molecule has 2 aromatic carbocycles. The van der Waals surface area contributed by atoms with Gasteiger partial charge in [-0.15, -0.1) is 0 Å². The van der Waals surface area contributed by atoms with Gasteiger partial charge >= 0.3 is 0 Å². The van der Waals surface area contributed by atoms with Gasteiger partial charge in [-0.2, -0.15) is 0 Å². The molecule has 0 radical (unpaired) electrons. The average molecular weight is 419 g/mol. The van der Waals surface area contributed by atoms with Gasteiger partial charge in [-0.05, 0) is 61.4 Å². The van der Waals surface area contributed by atoms with Crippen molar-refractivity contribution in [3.8, 4) is 5.75 Å². The van der Waals surface area contributed by atoms with Gasteiger partial charge in [0.25, 0.3) is 0 Å². The molecule has 31 heavy (non-hydrogen) atoms. The summed E-state index contributed by atoms with van der Waals surface area (Å²) in [5, 5.41) is 26.8. The minimum atomic E-state index is -0.195. The molecule has 162 valence electrons. The van der Waals surface area contributed by atoms with Crippen LogP contribution < -0.4 is 5.73 Å². The molecule has 0 saturated heterocycles. The van der Waals surface area contributed by atoms with E-state index in [1.807, 2.05) is 25.1 Å². The lowest BCUT2D eigenvalue weighted by Gasteiger charge is -2.16. The highest BCUT2D eigenvalue weighted by Gasteiger charge is 2.21. The normalized spacial score (nSPS) is 12.1. The maximum atomic E-state index is 12.7. The van der Waals surface area contributed by atoms with E-state index in [1.54, 1.807) is 24.3 Å². The second-order valence-electron chi connectivity index (χ2n) is 7.89. The molecule has 0 aliphatic carbocycles. The van der Waals surface area contributed by atoms with Crippen molar-refractivity contribution in [2.45, 2.75) is 46.1 Å². The van der Waals surface area contributed by atoms with Gasteiger partial charge in [-0.3, -0.25) is 10.2 Å². The van der Waals surface area contributed by atoms with E-state index in [-0.39, 0.29) is 35.4 Å². The molecule has 1 atom stereocenters. The number of phenols is 1. The lowest BCUT2D eigenvalue weighted by Crippen LogP contribution is -2.25. The lowest BCUT2D eigenvalue weighted by molar-refractivity contribution is -0.112. The SMILES string of the molecule is CC[C@@H](CCc1cc2ccc(C(=N)N)cc2n1CC)C(=N)C(=O)Cc1cccc(O)c1. The Balaban J connectivity index is 1.73. The summed E-state index contributed by atoms with van der Waals surface area (Å²) in [5.41, 5.74) is 9.44. The Hall–Kier alpha value is -3.41. The molecule has 6 heteroatoms. The number of ketones is 1. The van der Waals surface area contributed by atoms with Gasteiger partial charge < -0.3 is 20.8 Å². The Kier molecular flexibility index (Phi) is 6.90. The fraction of sp³-hybridized carbons (Fsp3) is 0.320. The second kappa shape index (κ2) is 9.60. The van der Waals surface area contributed by atoms with E-state index in [4.69, 9.17) is 16.6 Å². The molecule has 0 aliphatic rings. The standard InChI is InChI=1S/C25H30N4O2/c1-3-17(24(26)23(31)13-16-6-5-7-21(30)12-16)10-11-20-14-18-8-9-19(25(27)28)15-22(18)29(20)4-2/h5-9,12,14-15,17,26,30H,3-4,10-11,13H2,1-2H3,(H3,27,28)/t17-/m0/s1. The summed E-state index contributed by atoms with van der Waals surface area (Å²) in [7, 11) is 0. The monoisotopic (exact) mass is 418 g/mol. The zero-order valence-corrected chi connectivity index (χ0v) is 18.1. The highest BCUT2D eigenvalue weighted by molar-refractivity contribution is 6.39. The number of rotatable bonds is 10. The number of aromatic nitrogens is 1. The summed E-state index contributed by atoms with van der Waals surface area (Å²) < 4.78 is 2.21. The number of fused-ring (bicyclic) bond motifs is 1. The zero-order chi connectivity index (χ0) is 22.5. The number of nitrogens with two attached hydrogens (primary N) is 1. The van der Waals surface area contributed by atoms with Crippen LogP contribution >= 0.6 is 0 Å². The predicted octanol–water partition coefficient (Wildman–Crippen LogP) is 4.44. The number of nitrogens with zero attached hydrogens (tertiary/aromatic N) is 1. The average Bonchev–Trinajstić information content (AvgIpc) is 3.10. The summed E-state index contributed by atoms with van der Waals surface area (Å²) in [6, 6.07) is 14.6. The molecule has 0 aliphatic heterocycles. The first-order valence-electron chi connectivity index (χ1n) is 10.7. The fourth-order valence-electron chi connectivity index (χ4n) is 4.11. The third-order valence-corrected chi connectivity index (χ3v) is 5.84. The van der Waals surface area contributed by atoms with Crippen LogP contribution in [-0.4, -0.2) is 27.0 Å². The van der Waals surface area contributed by atoms with Crippen molar-refractivity contribution in [3.63, 3.8) is 0 Å². The van der Waals surface area contributed by atoms with Crippen molar-refractivity contribution in [1.82, 2.24) is 4.57 Å². The lowest BCUT2D eigenvalue weighted by atomic mass is 9.89. The first-order chi connectivity index (χ1) is 14.8. The number of amidine groups is 1. The molecule has 1 heterocycles. The Bertz CT molecular complexity index is 1130. The highest BCUT2D eigenvalue weighted by atomic mass is 16.3. The van der Waals surface area contributed by atoms with Crippen LogP contribution in [0.25, 0.3) is 10.9 Å². The molecule has 0 saturated carbocycles. The van der Waals surface area contributed by atoms with Gasteiger partial charge in [0.2, 0.25) is 0 Å². The quantitative estimate of drug-likeness (QED) is 0.288. The van der Waals surface area contributed by atoms with Crippen LogP contribution in [-0.2, 0) is 24.2 Å². The van der Waals surface area contributed by atoms with E-state index in [1.165, 1.54) is 0 Å². The van der Waals surface area contributed by atoms with Crippen LogP contribution in [0.3, 0.4) is 0 Å². The van der Waals surface area contributed by atoms with Crippen molar-refractivity contribution < 1.29 is 9.90 Å². The van der Waals surface area contributed by atoms with Gasteiger partial charge in [0, 0.05) is 35.7 Å². The molecule has 0 amide bonds. The summed E-state index contributed by atoms with van der Waals surface area (Å²) in [6.07, 6.45) is 2.34. The van der Waals surface area contributed by atoms with Gasteiger partial charge in [0.1, 0.15) is 11.6 Å². The summed E-state index contributed by atoms with van der Waals surface area (Å²) >= 11 is 0. The van der Waals surface area contributed by atoms with Gasteiger partial charge in [0.05, 0.1) is 5.71 Å². The molecule has 0 spiro atoms. The number of hydrogen-bond acceptors (Lipinski definition) is 4.